The van der Waals surface area contributed by atoms with Crippen LogP contribution in [0.3, 0.4) is 0 Å². The molecule has 0 radical (unpaired) electrons. The minimum Gasteiger partial charge on any atom is -0.381 e. The van der Waals surface area contributed by atoms with E-state index in [0.717, 1.165) is 85.6 Å². The number of hydrogen-bond acceptors (Lipinski definition) is 7. The Bertz CT molecular complexity index is 1470. The van der Waals surface area contributed by atoms with Crippen LogP contribution in [-0.4, -0.2) is 60.8 Å². The minimum absolute atomic E-state index is 0.113. The van der Waals surface area contributed by atoms with Crippen LogP contribution in [-0.2, 0) is 31.2 Å². The third-order valence-corrected chi connectivity index (χ3v) is 9.03. The van der Waals surface area contributed by atoms with Gasteiger partial charge in [0.15, 0.2) is 5.82 Å². The van der Waals surface area contributed by atoms with Gasteiger partial charge in [0.05, 0.1) is 30.4 Å². The van der Waals surface area contributed by atoms with Crippen molar-refractivity contribution < 1.29 is 9.53 Å². The topological polar surface area (TPSA) is 92.2 Å². The number of aryl methyl sites for hydroxylation is 2. The van der Waals surface area contributed by atoms with Gasteiger partial charge < -0.3 is 14.5 Å². The molecule has 1 fully saturated rings. The molecule has 5 rings (SSSR count). The standard InChI is InChI=1S/C32H43N7O2S/c1-7-12-38(29-17-23(18-33)26(16-22(29)8-2)24-19-34-36(6)20-24)30-27-21-37(31(40)42-32(3,4)5)13-9-28(27)39(35-30)25-10-14-41-15-11-25/h16-17,19-20,25H,7-15,21H2,1-6H3. The molecule has 1 saturated heterocycles. The molecule has 2 aliphatic heterocycles. The van der Waals surface area contributed by atoms with E-state index in [9.17, 15) is 10.1 Å². The molecule has 42 heavy (non-hydrogen) atoms. The van der Waals surface area contributed by atoms with Crippen molar-refractivity contribution in [3.8, 4) is 17.2 Å². The first kappa shape index (κ1) is 30.2. The predicted molar refractivity (Wildman–Crippen MR) is 168 cm³/mol. The smallest absolute Gasteiger partial charge is 0.282 e. The third-order valence-electron chi connectivity index (χ3n) is 7.98. The summed E-state index contributed by atoms with van der Waals surface area (Å²) in [5.74, 6) is 0.907. The fourth-order valence-electron chi connectivity index (χ4n) is 5.98. The van der Waals surface area contributed by atoms with Crippen LogP contribution in [0, 0.1) is 11.3 Å². The van der Waals surface area contributed by atoms with Crippen molar-refractivity contribution in [3.63, 3.8) is 0 Å². The first-order valence-corrected chi connectivity index (χ1v) is 15.9. The number of nitrogens with zero attached hydrogens (tertiary/aromatic N) is 7. The Balaban J connectivity index is 1.62. The lowest BCUT2D eigenvalue weighted by Gasteiger charge is -2.32. The van der Waals surface area contributed by atoms with E-state index in [1.807, 2.05) is 30.4 Å². The molecule has 9 nitrogen and oxygen atoms in total. The largest absolute Gasteiger partial charge is 0.381 e. The molecule has 0 aliphatic carbocycles. The Labute approximate surface area is 253 Å². The highest BCUT2D eigenvalue weighted by Gasteiger charge is 2.34. The molecular formula is C32H43N7O2S. The number of benzene rings is 1. The molecule has 2 aliphatic rings. The maximum Gasteiger partial charge on any atom is 0.282 e. The average molecular weight is 590 g/mol. The van der Waals surface area contributed by atoms with Gasteiger partial charge in [-0.15, -0.1) is 0 Å². The maximum absolute atomic E-state index is 13.4. The van der Waals surface area contributed by atoms with Crippen LogP contribution in [0.2, 0.25) is 0 Å². The summed E-state index contributed by atoms with van der Waals surface area (Å²) in [6, 6.07) is 6.90. The molecule has 1 aromatic carbocycles. The van der Waals surface area contributed by atoms with Crippen molar-refractivity contribution in [2.24, 2.45) is 7.05 Å². The number of carbonyl (C=O) groups is 1. The minimum atomic E-state index is -0.152. The molecule has 0 N–H and O–H groups in total. The number of aromatic nitrogens is 4. The van der Waals surface area contributed by atoms with Crippen molar-refractivity contribution in [1.82, 2.24) is 24.5 Å². The number of fused-ring (bicyclic) bond motifs is 1. The van der Waals surface area contributed by atoms with Gasteiger partial charge in [0, 0.05) is 78.8 Å². The van der Waals surface area contributed by atoms with Crippen molar-refractivity contribution in [3.05, 3.63) is 46.9 Å². The highest BCUT2D eigenvalue weighted by molar-refractivity contribution is 8.14. The monoisotopic (exact) mass is 589 g/mol. The quantitative estimate of drug-likeness (QED) is 0.306. The van der Waals surface area contributed by atoms with Crippen molar-refractivity contribution in [1.29, 1.82) is 5.26 Å². The molecule has 10 heteroatoms. The number of carbonyl (C=O) groups excluding carboxylic acids is 1. The summed E-state index contributed by atoms with van der Waals surface area (Å²) in [5.41, 5.74) is 6.97. The Hall–Kier alpha value is -3.29. The average Bonchev–Trinajstić information content (AvgIpc) is 3.58. The van der Waals surface area contributed by atoms with Gasteiger partial charge in [-0.25, -0.2) is 0 Å². The van der Waals surface area contributed by atoms with Gasteiger partial charge in [-0.1, -0.05) is 46.4 Å². The number of rotatable bonds is 7. The summed E-state index contributed by atoms with van der Waals surface area (Å²) in [6.07, 6.45) is 8.13. The second kappa shape index (κ2) is 12.5. The van der Waals surface area contributed by atoms with Crippen LogP contribution in [0.4, 0.5) is 16.3 Å². The summed E-state index contributed by atoms with van der Waals surface area (Å²) in [5, 5.41) is 20.0. The molecule has 1 amide bonds. The molecule has 0 atom stereocenters. The number of nitriles is 1. The Morgan fingerprint density at radius 1 is 1.24 bits per heavy atom. The summed E-state index contributed by atoms with van der Waals surface area (Å²) in [7, 11) is 1.89. The number of hydrogen-bond donors (Lipinski definition) is 0. The summed E-state index contributed by atoms with van der Waals surface area (Å²) >= 11 is 1.39. The normalized spacial score (nSPS) is 15.9. The zero-order valence-corrected chi connectivity index (χ0v) is 26.6. The zero-order valence-electron chi connectivity index (χ0n) is 25.8. The molecule has 0 bridgehead atoms. The maximum atomic E-state index is 13.4. The second-order valence-electron chi connectivity index (χ2n) is 12.2. The lowest BCUT2D eigenvalue weighted by molar-refractivity contribution is 0.0652. The van der Waals surface area contributed by atoms with E-state index < -0.39 is 0 Å². The first-order chi connectivity index (χ1) is 20.1. The Morgan fingerprint density at radius 2 is 2.00 bits per heavy atom. The molecule has 3 aromatic rings. The van der Waals surface area contributed by atoms with Gasteiger partial charge in [-0.05, 0) is 43.4 Å². The van der Waals surface area contributed by atoms with Crippen molar-refractivity contribution in [2.75, 3.05) is 31.2 Å². The number of ether oxygens (including phenoxy) is 1. The summed E-state index contributed by atoms with van der Waals surface area (Å²) in [4.78, 5) is 17.6. The lowest BCUT2D eigenvalue weighted by Crippen LogP contribution is -2.36. The molecule has 0 saturated carbocycles. The summed E-state index contributed by atoms with van der Waals surface area (Å²) < 4.78 is 9.54. The van der Waals surface area contributed by atoms with Gasteiger partial charge in [0.25, 0.3) is 5.24 Å². The van der Waals surface area contributed by atoms with Gasteiger partial charge in [-0.3, -0.25) is 14.2 Å². The van der Waals surface area contributed by atoms with E-state index in [2.05, 4.69) is 61.4 Å². The Kier molecular flexibility index (Phi) is 9.00. The van der Waals surface area contributed by atoms with Gasteiger partial charge >= 0.3 is 0 Å². The van der Waals surface area contributed by atoms with E-state index in [1.54, 1.807) is 4.68 Å². The van der Waals surface area contributed by atoms with Crippen LogP contribution in [0.15, 0.2) is 24.5 Å². The van der Waals surface area contributed by atoms with Crippen LogP contribution in [0.5, 0.6) is 0 Å². The number of amides is 1. The number of anilines is 2. The van der Waals surface area contributed by atoms with E-state index in [-0.39, 0.29) is 16.0 Å². The van der Waals surface area contributed by atoms with Crippen LogP contribution >= 0.6 is 11.8 Å². The molecule has 224 valence electrons. The van der Waals surface area contributed by atoms with Gasteiger partial charge in [-0.2, -0.15) is 15.5 Å². The van der Waals surface area contributed by atoms with E-state index >= 15 is 0 Å². The fourth-order valence-corrected chi connectivity index (χ4v) is 6.79. The first-order valence-electron chi connectivity index (χ1n) is 15.1. The molecule has 0 unspecified atom stereocenters. The molecular weight excluding hydrogens is 546 g/mol. The summed E-state index contributed by atoms with van der Waals surface area (Å²) in [6.45, 7) is 14.0. The van der Waals surface area contributed by atoms with Crippen molar-refractivity contribution >= 4 is 28.5 Å². The highest BCUT2D eigenvalue weighted by Crippen LogP contribution is 2.40. The lowest BCUT2D eigenvalue weighted by atomic mass is 9.96. The molecule has 4 heterocycles. The van der Waals surface area contributed by atoms with E-state index in [4.69, 9.17) is 9.84 Å². The Morgan fingerprint density at radius 3 is 2.62 bits per heavy atom. The van der Waals surface area contributed by atoms with E-state index in [0.29, 0.717) is 18.7 Å². The zero-order chi connectivity index (χ0) is 30.0. The fraction of sp³-hybridized carbons (Fsp3) is 0.562. The predicted octanol–water partition coefficient (Wildman–Crippen LogP) is 6.63. The highest BCUT2D eigenvalue weighted by atomic mass is 32.2. The molecule has 2 aromatic heterocycles. The van der Waals surface area contributed by atoms with Crippen LogP contribution in [0.25, 0.3) is 11.1 Å². The molecule has 0 spiro atoms. The third kappa shape index (κ3) is 6.23. The van der Waals surface area contributed by atoms with Crippen LogP contribution in [0.1, 0.15) is 82.3 Å². The van der Waals surface area contributed by atoms with Gasteiger partial charge in [0.1, 0.15) is 0 Å². The van der Waals surface area contributed by atoms with E-state index in [1.165, 1.54) is 17.5 Å². The van der Waals surface area contributed by atoms with Crippen molar-refractivity contribution in [2.45, 2.75) is 84.1 Å². The van der Waals surface area contributed by atoms with Crippen LogP contribution < -0.4 is 4.90 Å². The SMILES string of the molecule is CCCN(c1cc(C#N)c(-c2cnn(C)c2)cc1CC)c1nn(C2CCOCC2)c2c1CN(C(=O)SC(C)(C)C)CC2. The number of thioether (sulfide) groups is 1. The second-order valence-corrected chi connectivity index (χ2v) is 14.0. The van der Waals surface area contributed by atoms with Gasteiger partial charge in [0.2, 0.25) is 0 Å².